The number of nitrogens with one attached hydrogen (secondary N) is 3. The van der Waals surface area contributed by atoms with E-state index in [1.54, 1.807) is 31.2 Å². The van der Waals surface area contributed by atoms with Crippen LogP contribution in [0.3, 0.4) is 0 Å². The molecule has 1 atom stereocenters. The lowest BCUT2D eigenvalue weighted by Gasteiger charge is -2.18. The number of halogens is 2. The van der Waals surface area contributed by atoms with Crippen molar-refractivity contribution in [3.8, 4) is 0 Å². The molecule has 1 fully saturated rings. The second-order valence-electron chi connectivity index (χ2n) is 9.42. The third-order valence-electron chi connectivity index (χ3n) is 6.16. The number of carbonyl (C=O) groups excluding carboxylic acids is 3. The van der Waals surface area contributed by atoms with E-state index in [4.69, 9.17) is 10.5 Å². The number of amides is 2. The zero-order valence-electron chi connectivity index (χ0n) is 21.9. The maximum Gasteiger partial charge on any atom is 0.328 e. The molecule has 0 heterocycles. The predicted octanol–water partition coefficient (Wildman–Crippen LogP) is 3.14. The Balaban J connectivity index is 1.48. The van der Waals surface area contributed by atoms with Gasteiger partial charge in [0, 0.05) is 23.7 Å². The molecule has 0 aromatic heterocycles. The lowest BCUT2D eigenvalue weighted by Crippen LogP contribution is -2.44. The standard InChI is InChI=1S/C28H28F2N4O6S/c1-2-40-28(37)24(13-16-3-7-18(31)8-4-16)33-27(36)25-22(29)14-20(15-23(25)30)34-41(38,39)21-11-5-17(6-12-21)26(35)32-19-9-10-19/h3-8,11-12,14-15,19,24,34H,2,9-10,13,31H2,1H3,(H,32,35)(H,33,36)/t24-/m0/s1. The first-order valence-corrected chi connectivity index (χ1v) is 14.2. The first-order valence-electron chi connectivity index (χ1n) is 12.7. The summed E-state index contributed by atoms with van der Waals surface area (Å²) >= 11 is 0. The van der Waals surface area contributed by atoms with E-state index >= 15 is 0 Å². The number of sulfonamides is 1. The molecule has 5 N–H and O–H groups in total. The number of esters is 1. The van der Waals surface area contributed by atoms with Crippen LogP contribution in [-0.2, 0) is 26.0 Å². The van der Waals surface area contributed by atoms with Crippen LogP contribution in [0.5, 0.6) is 0 Å². The molecule has 0 bridgehead atoms. The molecular weight excluding hydrogens is 558 g/mol. The molecular formula is C28H28F2N4O6S. The molecule has 0 unspecified atom stereocenters. The minimum atomic E-state index is -4.29. The lowest BCUT2D eigenvalue weighted by molar-refractivity contribution is -0.145. The van der Waals surface area contributed by atoms with Crippen molar-refractivity contribution >= 4 is 39.2 Å². The van der Waals surface area contributed by atoms with Gasteiger partial charge in [-0.2, -0.15) is 0 Å². The number of hydrogen-bond donors (Lipinski definition) is 4. The largest absolute Gasteiger partial charge is 0.464 e. The molecule has 3 aromatic rings. The summed E-state index contributed by atoms with van der Waals surface area (Å²) < 4.78 is 62.5. The molecule has 1 saturated carbocycles. The van der Waals surface area contributed by atoms with E-state index in [9.17, 15) is 31.6 Å². The summed E-state index contributed by atoms with van der Waals surface area (Å²) in [5.74, 6) is -5.09. The Kier molecular flexibility index (Phi) is 8.86. The van der Waals surface area contributed by atoms with E-state index in [2.05, 4.69) is 15.4 Å². The van der Waals surface area contributed by atoms with Crippen molar-refractivity contribution in [1.82, 2.24) is 10.6 Å². The van der Waals surface area contributed by atoms with Crippen molar-refractivity contribution in [2.45, 2.75) is 43.2 Å². The molecule has 4 rings (SSSR count). The highest BCUT2D eigenvalue weighted by molar-refractivity contribution is 7.92. The fourth-order valence-electron chi connectivity index (χ4n) is 3.90. The van der Waals surface area contributed by atoms with Gasteiger partial charge in [-0.1, -0.05) is 12.1 Å². The van der Waals surface area contributed by atoms with Gasteiger partial charge >= 0.3 is 5.97 Å². The van der Waals surface area contributed by atoms with E-state index in [-0.39, 0.29) is 35.4 Å². The molecule has 1 aliphatic rings. The molecule has 10 nitrogen and oxygen atoms in total. The number of anilines is 2. The number of carbonyl (C=O) groups is 3. The van der Waals surface area contributed by atoms with Crippen LogP contribution in [0, 0.1) is 11.6 Å². The maximum absolute atomic E-state index is 15.0. The molecule has 3 aromatic carbocycles. The van der Waals surface area contributed by atoms with Crippen LogP contribution in [0.1, 0.15) is 46.0 Å². The van der Waals surface area contributed by atoms with E-state index < -0.39 is 50.8 Å². The van der Waals surface area contributed by atoms with Crippen molar-refractivity contribution in [2.75, 3.05) is 17.1 Å². The van der Waals surface area contributed by atoms with Gasteiger partial charge in [-0.25, -0.2) is 22.0 Å². The van der Waals surface area contributed by atoms with Crippen molar-refractivity contribution in [2.24, 2.45) is 0 Å². The van der Waals surface area contributed by atoms with Gasteiger partial charge in [0.2, 0.25) is 0 Å². The number of nitrogens with two attached hydrogens (primary N) is 1. The Morgan fingerprint density at radius 1 is 0.976 bits per heavy atom. The van der Waals surface area contributed by atoms with Gasteiger partial charge in [-0.15, -0.1) is 0 Å². The van der Waals surface area contributed by atoms with Crippen LogP contribution in [0.15, 0.2) is 65.6 Å². The smallest absolute Gasteiger partial charge is 0.328 e. The normalized spacial score (nSPS) is 13.6. The fraction of sp³-hybridized carbons (Fsp3) is 0.250. The van der Waals surface area contributed by atoms with Crippen LogP contribution >= 0.6 is 0 Å². The Hall–Kier alpha value is -4.52. The first-order chi connectivity index (χ1) is 19.5. The molecule has 2 amide bonds. The zero-order valence-corrected chi connectivity index (χ0v) is 22.8. The Labute approximate surface area is 235 Å². The van der Waals surface area contributed by atoms with E-state index in [0.717, 1.165) is 12.8 Å². The summed E-state index contributed by atoms with van der Waals surface area (Å²) in [7, 11) is -4.29. The van der Waals surface area contributed by atoms with E-state index in [1.807, 2.05) is 0 Å². The quantitative estimate of drug-likeness (QED) is 0.199. The average Bonchev–Trinajstić information content (AvgIpc) is 3.73. The van der Waals surface area contributed by atoms with Gasteiger partial charge in [0.25, 0.3) is 21.8 Å². The van der Waals surface area contributed by atoms with Gasteiger partial charge in [0.05, 0.1) is 17.2 Å². The summed E-state index contributed by atoms with van der Waals surface area (Å²) in [6.07, 6.45) is 1.75. The van der Waals surface area contributed by atoms with Gasteiger partial charge in [0.15, 0.2) is 0 Å². The summed E-state index contributed by atoms with van der Waals surface area (Å²) in [6.45, 7) is 1.58. The topological polar surface area (TPSA) is 157 Å². The minimum Gasteiger partial charge on any atom is -0.464 e. The molecule has 216 valence electrons. The first kappa shape index (κ1) is 29.5. The average molecular weight is 587 g/mol. The molecule has 41 heavy (non-hydrogen) atoms. The zero-order chi connectivity index (χ0) is 29.7. The Bertz CT molecular complexity index is 1540. The van der Waals surface area contributed by atoms with Crippen molar-refractivity contribution < 1.29 is 36.3 Å². The van der Waals surface area contributed by atoms with Crippen molar-refractivity contribution in [3.63, 3.8) is 0 Å². The lowest BCUT2D eigenvalue weighted by atomic mass is 10.0. The number of rotatable bonds is 11. The third kappa shape index (κ3) is 7.57. The van der Waals surface area contributed by atoms with Crippen molar-refractivity contribution in [1.29, 1.82) is 0 Å². The Morgan fingerprint density at radius 3 is 2.15 bits per heavy atom. The molecule has 0 radical (unpaired) electrons. The molecule has 0 aliphatic heterocycles. The number of benzene rings is 3. The van der Waals surface area contributed by atoms with Crippen LogP contribution in [0.25, 0.3) is 0 Å². The molecule has 0 saturated heterocycles. The second kappa shape index (κ2) is 12.3. The van der Waals surface area contributed by atoms with Gasteiger partial charge in [0.1, 0.15) is 23.2 Å². The second-order valence-corrected chi connectivity index (χ2v) is 11.1. The van der Waals surface area contributed by atoms with Gasteiger partial charge in [-0.05, 0) is 73.9 Å². The number of hydrogen-bond acceptors (Lipinski definition) is 7. The maximum atomic E-state index is 15.0. The van der Waals surface area contributed by atoms with E-state index in [1.165, 1.54) is 24.3 Å². The summed E-state index contributed by atoms with van der Waals surface area (Å²) in [6, 6.07) is 11.6. The predicted molar refractivity (Wildman–Crippen MR) is 147 cm³/mol. The SMILES string of the molecule is CCOC(=O)[C@H](Cc1ccc(N)cc1)NC(=O)c1c(F)cc(NS(=O)(=O)c2ccc(C(=O)NC3CC3)cc2)cc1F. The molecule has 13 heteroatoms. The summed E-state index contributed by atoms with van der Waals surface area (Å²) in [5.41, 5.74) is 5.55. The number of nitrogen functional groups attached to an aromatic ring is 1. The fourth-order valence-corrected chi connectivity index (χ4v) is 4.94. The number of ether oxygens (including phenoxy) is 1. The highest BCUT2D eigenvalue weighted by atomic mass is 32.2. The summed E-state index contributed by atoms with van der Waals surface area (Å²) in [4.78, 5) is 37.2. The monoisotopic (exact) mass is 586 g/mol. The Morgan fingerprint density at radius 2 is 1.59 bits per heavy atom. The highest BCUT2D eigenvalue weighted by Crippen LogP contribution is 2.23. The van der Waals surface area contributed by atoms with Crippen molar-refractivity contribution in [3.05, 3.63) is 89.0 Å². The molecule has 1 aliphatic carbocycles. The molecule has 0 spiro atoms. The van der Waals surface area contributed by atoms with Gasteiger partial charge < -0.3 is 21.1 Å². The van der Waals surface area contributed by atoms with Crippen LogP contribution in [-0.4, -0.2) is 44.9 Å². The van der Waals surface area contributed by atoms with Crippen LogP contribution in [0.4, 0.5) is 20.2 Å². The summed E-state index contributed by atoms with van der Waals surface area (Å²) in [5, 5.41) is 5.07. The van der Waals surface area contributed by atoms with Crippen LogP contribution in [0.2, 0.25) is 0 Å². The minimum absolute atomic E-state index is 0.0148. The van der Waals surface area contributed by atoms with Gasteiger partial charge in [-0.3, -0.25) is 14.3 Å². The third-order valence-corrected chi connectivity index (χ3v) is 7.55. The highest BCUT2D eigenvalue weighted by Gasteiger charge is 2.28. The van der Waals surface area contributed by atoms with E-state index in [0.29, 0.717) is 23.4 Å². The van der Waals surface area contributed by atoms with Crippen LogP contribution < -0.4 is 21.1 Å².